The van der Waals surface area contributed by atoms with Crippen molar-refractivity contribution in [2.24, 2.45) is 5.41 Å². The second kappa shape index (κ2) is 8.51. The number of hydrogen-bond donors (Lipinski definition) is 1. The van der Waals surface area contributed by atoms with Gasteiger partial charge < -0.3 is 19.5 Å². The largest absolute Gasteiger partial charge is 0.463 e. The summed E-state index contributed by atoms with van der Waals surface area (Å²) in [6.07, 6.45) is 3.46. The Morgan fingerprint density at radius 3 is 2.29 bits per heavy atom. The molecule has 138 valence electrons. The molecule has 0 bridgehead atoms. The molecule has 0 aromatic rings. The first-order chi connectivity index (χ1) is 11.1. The fraction of sp³-hybridized carbons (Fsp3) is 0.778. The summed E-state index contributed by atoms with van der Waals surface area (Å²) in [7, 11) is 0. The molecule has 0 radical (unpaired) electrons. The zero-order valence-corrected chi connectivity index (χ0v) is 15.6. The number of esters is 1. The van der Waals surface area contributed by atoms with E-state index in [1.165, 1.54) is 0 Å². The highest BCUT2D eigenvalue weighted by Crippen LogP contribution is 2.35. The fourth-order valence-electron chi connectivity index (χ4n) is 2.61. The zero-order valence-electron chi connectivity index (χ0n) is 15.6. The maximum Gasteiger partial charge on any atom is 0.410 e. The number of aliphatic hydroxyl groups excluding tert-OH is 1. The molecule has 0 atom stereocenters. The Morgan fingerprint density at radius 2 is 1.83 bits per heavy atom. The van der Waals surface area contributed by atoms with Crippen LogP contribution in [0.5, 0.6) is 0 Å². The quantitative estimate of drug-likeness (QED) is 0.615. The average molecular weight is 341 g/mol. The third-order valence-corrected chi connectivity index (χ3v) is 4.25. The molecule has 1 saturated heterocycles. The van der Waals surface area contributed by atoms with Crippen molar-refractivity contribution in [2.75, 3.05) is 26.3 Å². The SMILES string of the molecule is CCOC(=O)/C(C)=C/CC1(CO)CCN(C(=O)OC(C)(C)C)CC1. The summed E-state index contributed by atoms with van der Waals surface area (Å²) >= 11 is 0. The normalized spacial score (nSPS) is 18.2. The predicted octanol–water partition coefficient (Wildman–Crippen LogP) is 2.90. The van der Waals surface area contributed by atoms with Crippen molar-refractivity contribution >= 4 is 12.1 Å². The molecule has 0 aliphatic carbocycles. The first kappa shape index (κ1) is 20.5. The van der Waals surface area contributed by atoms with E-state index in [0.717, 1.165) is 0 Å². The topological polar surface area (TPSA) is 76.1 Å². The van der Waals surface area contributed by atoms with Gasteiger partial charge in [0, 0.05) is 30.7 Å². The first-order valence-electron chi connectivity index (χ1n) is 8.55. The molecule has 24 heavy (non-hydrogen) atoms. The van der Waals surface area contributed by atoms with Gasteiger partial charge in [-0.3, -0.25) is 0 Å². The summed E-state index contributed by atoms with van der Waals surface area (Å²) in [5, 5.41) is 9.83. The zero-order chi connectivity index (χ0) is 18.4. The van der Waals surface area contributed by atoms with Crippen molar-refractivity contribution in [1.82, 2.24) is 4.90 Å². The van der Waals surface area contributed by atoms with Crippen LogP contribution in [-0.4, -0.2) is 54.0 Å². The number of ether oxygens (including phenoxy) is 2. The Morgan fingerprint density at radius 1 is 1.25 bits per heavy atom. The molecule has 1 rings (SSSR count). The van der Waals surface area contributed by atoms with Gasteiger partial charge in [-0.05, 0) is 53.9 Å². The van der Waals surface area contributed by atoms with Crippen LogP contribution in [0.1, 0.15) is 53.9 Å². The van der Waals surface area contributed by atoms with Crippen molar-refractivity contribution in [3.63, 3.8) is 0 Å². The van der Waals surface area contributed by atoms with E-state index in [-0.39, 0.29) is 24.1 Å². The number of rotatable bonds is 5. The highest BCUT2D eigenvalue weighted by atomic mass is 16.6. The van der Waals surface area contributed by atoms with Crippen LogP contribution in [-0.2, 0) is 14.3 Å². The van der Waals surface area contributed by atoms with E-state index in [9.17, 15) is 14.7 Å². The molecule has 1 aliphatic rings. The van der Waals surface area contributed by atoms with Crippen LogP contribution < -0.4 is 0 Å². The van der Waals surface area contributed by atoms with Gasteiger partial charge in [0.25, 0.3) is 0 Å². The Labute approximate surface area is 144 Å². The molecule has 0 aromatic heterocycles. The minimum atomic E-state index is -0.512. The molecular formula is C18H31NO5. The number of likely N-dealkylation sites (tertiary alicyclic amines) is 1. The summed E-state index contributed by atoms with van der Waals surface area (Å²) in [6.45, 7) is 10.5. The fourth-order valence-corrected chi connectivity index (χ4v) is 2.61. The van der Waals surface area contributed by atoms with Crippen molar-refractivity contribution in [1.29, 1.82) is 0 Å². The monoisotopic (exact) mass is 341 g/mol. The lowest BCUT2D eigenvalue weighted by atomic mass is 9.76. The summed E-state index contributed by atoms with van der Waals surface area (Å²) in [5.41, 5.74) is -0.256. The van der Waals surface area contributed by atoms with Crippen LogP contribution in [0.3, 0.4) is 0 Å². The molecule has 0 unspecified atom stereocenters. The lowest BCUT2D eigenvalue weighted by Crippen LogP contribution is -2.46. The number of carbonyl (C=O) groups is 2. The number of aliphatic hydroxyl groups is 1. The second-order valence-corrected chi connectivity index (χ2v) is 7.44. The van der Waals surface area contributed by atoms with Crippen LogP contribution in [0.15, 0.2) is 11.6 Å². The van der Waals surface area contributed by atoms with E-state index in [0.29, 0.717) is 44.5 Å². The van der Waals surface area contributed by atoms with E-state index in [4.69, 9.17) is 9.47 Å². The molecule has 1 amide bonds. The first-order valence-corrected chi connectivity index (χ1v) is 8.55. The maximum atomic E-state index is 12.1. The van der Waals surface area contributed by atoms with Gasteiger partial charge in [0.1, 0.15) is 5.60 Å². The van der Waals surface area contributed by atoms with Gasteiger partial charge in [0.15, 0.2) is 0 Å². The third-order valence-electron chi connectivity index (χ3n) is 4.25. The minimum absolute atomic E-state index is 0.0295. The van der Waals surface area contributed by atoms with Gasteiger partial charge >= 0.3 is 12.1 Å². The van der Waals surface area contributed by atoms with Crippen LogP contribution in [0.4, 0.5) is 4.79 Å². The molecule has 6 heteroatoms. The van der Waals surface area contributed by atoms with Gasteiger partial charge in [-0.15, -0.1) is 0 Å². The van der Waals surface area contributed by atoms with E-state index in [1.54, 1.807) is 18.7 Å². The van der Waals surface area contributed by atoms with E-state index in [1.807, 2.05) is 26.8 Å². The van der Waals surface area contributed by atoms with Gasteiger partial charge in [-0.1, -0.05) is 6.08 Å². The van der Waals surface area contributed by atoms with Gasteiger partial charge in [-0.2, -0.15) is 0 Å². The molecule has 1 heterocycles. The highest BCUT2D eigenvalue weighted by Gasteiger charge is 2.36. The average Bonchev–Trinajstić information content (AvgIpc) is 2.51. The lowest BCUT2D eigenvalue weighted by Gasteiger charge is -2.40. The summed E-state index contributed by atoms with van der Waals surface area (Å²) in [5.74, 6) is -0.322. The highest BCUT2D eigenvalue weighted by molar-refractivity contribution is 5.87. The van der Waals surface area contributed by atoms with E-state index >= 15 is 0 Å². The maximum absolute atomic E-state index is 12.1. The number of amides is 1. The summed E-state index contributed by atoms with van der Waals surface area (Å²) < 4.78 is 10.4. The third kappa shape index (κ3) is 6.15. The Kier molecular flexibility index (Phi) is 7.27. The van der Waals surface area contributed by atoms with Gasteiger partial charge in [-0.25, -0.2) is 9.59 Å². The van der Waals surface area contributed by atoms with Crippen LogP contribution in [0.25, 0.3) is 0 Å². The summed E-state index contributed by atoms with van der Waals surface area (Å²) in [4.78, 5) is 25.5. The Bertz CT molecular complexity index is 470. The number of hydrogen-bond acceptors (Lipinski definition) is 5. The molecule has 1 fully saturated rings. The van der Waals surface area contributed by atoms with Crippen molar-refractivity contribution < 1.29 is 24.2 Å². The standard InChI is InChI=1S/C18H31NO5/c1-6-23-15(21)14(2)7-8-18(13-20)9-11-19(12-10-18)16(22)24-17(3,4)5/h7,20H,6,8-13H2,1-5H3/b14-7+. The number of allylic oxidation sites excluding steroid dienone is 1. The van der Waals surface area contributed by atoms with Crippen molar-refractivity contribution in [3.8, 4) is 0 Å². The van der Waals surface area contributed by atoms with Gasteiger partial charge in [0.2, 0.25) is 0 Å². The van der Waals surface area contributed by atoms with Crippen LogP contribution >= 0.6 is 0 Å². The second-order valence-electron chi connectivity index (χ2n) is 7.44. The molecule has 0 spiro atoms. The molecule has 1 N–H and O–H groups in total. The van der Waals surface area contributed by atoms with Crippen molar-refractivity contribution in [3.05, 3.63) is 11.6 Å². The minimum Gasteiger partial charge on any atom is -0.463 e. The number of piperidine rings is 1. The van der Waals surface area contributed by atoms with Crippen LogP contribution in [0.2, 0.25) is 0 Å². The van der Waals surface area contributed by atoms with E-state index in [2.05, 4.69) is 0 Å². The van der Waals surface area contributed by atoms with Crippen LogP contribution in [0, 0.1) is 5.41 Å². The molecule has 0 aromatic carbocycles. The molecule has 0 saturated carbocycles. The lowest BCUT2D eigenvalue weighted by molar-refractivity contribution is -0.138. The Balaban J connectivity index is 2.62. The van der Waals surface area contributed by atoms with E-state index < -0.39 is 5.60 Å². The smallest absolute Gasteiger partial charge is 0.410 e. The summed E-state index contributed by atoms with van der Waals surface area (Å²) in [6, 6.07) is 0. The van der Waals surface area contributed by atoms with Crippen molar-refractivity contribution in [2.45, 2.75) is 59.5 Å². The molecule has 6 nitrogen and oxygen atoms in total. The molecular weight excluding hydrogens is 310 g/mol. The molecule has 1 aliphatic heterocycles. The number of carbonyl (C=O) groups excluding carboxylic acids is 2. The predicted molar refractivity (Wildman–Crippen MR) is 91.6 cm³/mol. The number of nitrogens with zero attached hydrogens (tertiary/aromatic N) is 1. The van der Waals surface area contributed by atoms with Gasteiger partial charge in [0.05, 0.1) is 6.61 Å². The Hall–Kier alpha value is -1.56.